The fraction of sp³-hybridized carbons (Fsp3) is 0.529. The van der Waals surface area contributed by atoms with Crippen molar-refractivity contribution in [3.8, 4) is 11.4 Å². The van der Waals surface area contributed by atoms with Crippen LogP contribution in [0.3, 0.4) is 0 Å². The lowest BCUT2D eigenvalue weighted by molar-refractivity contribution is 0.0985. The van der Waals surface area contributed by atoms with Gasteiger partial charge >= 0.3 is 0 Å². The summed E-state index contributed by atoms with van der Waals surface area (Å²) >= 11 is 0. The fourth-order valence-electron chi connectivity index (χ4n) is 3.43. The summed E-state index contributed by atoms with van der Waals surface area (Å²) in [5.41, 5.74) is 1.63. The van der Waals surface area contributed by atoms with E-state index in [1.165, 1.54) is 6.26 Å². The van der Waals surface area contributed by atoms with Gasteiger partial charge in [-0.05, 0) is 25.8 Å². The van der Waals surface area contributed by atoms with Crippen molar-refractivity contribution in [1.29, 1.82) is 4.78 Å². The Bertz CT molecular complexity index is 874. The van der Waals surface area contributed by atoms with Gasteiger partial charge < -0.3 is 14.6 Å². The summed E-state index contributed by atoms with van der Waals surface area (Å²) < 4.78 is 25.6. The van der Waals surface area contributed by atoms with E-state index in [0.717, 1.165) is 36.5 Å². The molecule has 2 fully saturated rings. The highest BCUT2D eigenvalue weighted by molar-refractivity contribution is 7.92. The van der Waals surface area contributed by atoms with Crippen LogP contribution in [0.25, 0.3) is 11.4 Å². The Morgan fingerprint density at radius 2 is 2.24 bits per heavy atom. The summed E-state index contributed by atoms with van der Waals surface area (Å²) in [5.74, 6) is 1.44. The second-order valence-corrected chi connectivity index (χ2v) is 9.46. The minimum absolute atomic E-state index is 0.215. The van der Waals surface area contributed by atoms with Gasteiger partial charge in [0, 0.05) is 36.8 Å². The minimum atomic E-state index is -2.73. The molecule has 1 aliphatic heterocycles. The van der Waals surface area contributed by atoms with Gasteiger partial charge in [0.05, 0.1) is 39.4 Å². The van der Waals surface area contributed by atoms with Crippen LogP contribution in [-0.4, -0.2) is 51.2 Å². The lowest BCUT2D eigenvalue weighted by atomic mass is 10.2. The predicted octanol–water partition coefficient (Wildman–Crippen LogP) is 2.36. The predicted molar refractivity (Wildman–Crippen MR) is 97.1 cm³/mol. The number of ether oxygens (including phenoxy) is 1. The molecule has 1 aliphatic carbocycles. The van der Waals surface area contributed by atoms with Crippen molar-refractivity contribution >= 4 is 15.5 Å². The molecule has 2 atom stereocenters. The molecule has 2 N–H and O–H groups in total. The highest BCUT2D eigenvalue weighted by atomic mass is 32.2. The number of hydrogen-bond acceptors (Lipinski definition) is 6. The van der Waals surface area contributed by atoms with E-state index in [2.05, 4.69) is 16.8 Å². The largest absolute Gasteiger partial charge is 0.377 e. The first-order chi connectivity index (χ1) is 11.9. The van der Waals surface area contributed by atoms with E-state index in [9.17, 15) is 4.21 Å². The molecule has 0 radical (unpaired) electrons. The number of aromatic nitrogens is 3. The molecule has 4 rings (SSSR count). The van der Waals surface area contributed by atoms with Gasteiger partial charge in [-0.15, -0.1) is 0 Å². The zero-order chi connectivity index (χ0) is 17.7. The Hall–Kier alpha value is -1.93. The van der Waals surface area contributed by atoms with E-state index in [1.807, 2.05) is 24.5 Å². The van der Waals surface area contributed by atoms with Crippen LogP contribution in [0.2, 0.25) is 0 Å². The smallest absolute Gasteiger partial charge is 0.163 e. The van der Waals surface area contributed by atoms with Gasteiger partial charge in [0.2, 0.25) is 0 Å². The molecule has 2 aromatic rings. The summed E-state index contributed by atoms with van der Waals surface area (Å²) in [6.07, 6.45) is 6.70. The highest BCUT2D eigenvalue weighted by Gasteiger charge is 2.53. The molecule has 8 heteroatoms. The quantitative estimate of drug-likeness (QED) is 0.872. The van der Waals surface area contributed by atoms with E-state index < -0.39 is 14.5 Å². The van der Waals surface area contributed by atoms with E-state index >= 15 is 0 Å². The minimum Gasteiger partial charge on any atom is -0.377 e. The molecule has 134 valence electrons. The van der Waals surface area contributed by atoms with Gasteiger partial charge in [0.1, 0.15) is 5.82 Å². The number of anilines is 1. The highest BCUT2D eigenvalue weighted by Crippen LogP contribution is 2.52. The van der Waals surface area contributed by atoms with E-state index in [0.29, 0.717) is 19.0 Å². The number of H-pyrrole nitrogens is 1. The van der Waals surface area contributed by atoms with Crippen LogP contribution in [0.15, 0.2) is 24.5 Å². The maximum absolute atomic E-state index is 12.6. The number of nitrogens with one attached hydrogen (secondary N) is 2. The van der Waals surface area contributed by atoms with Crippen molar-refractivity contribution in [2.45, 2.75) is 30.6 Å². The third-order valence-electron chi connectivity index (χ3n) is 5.15. The second kappa shape index (κ2) is 5.81. The molecule has 1 saturated carbocycles. The molecule has 0 amide bonds. The fourth-order valence-corrected chi connectivity index (χ4v) is 4.82. The van der Waals surface area contributed by atoms with Crippen LogP contribution < -0.4 is 4.90 Å². The third-order valence-corrected chi connectivity index (χ3v) is 7.26. The van der Waals surface area contributed by atoms with Gasteiger partial charge in [-0.2, -0.15) is 0 Å². The summed E-state index contributed by atoms with van der Waals surface area (Å²) in [4.78, 5) is 14.7. The molecule has 0 bridgehead atoms. The van der Waals surface area contributed by atoms with Gasteiger partial charge in [-0.1, -0.05) is 0 Å². The SMILES string of the molecule is C[C@@H]1COCCN1c1cc(C2(S(C)(=N)=O)CC2)nc(-c2cc[nH]c2)n1. The molecule has 7 nitrogen and oxygen atoms in total. The summed E-state index contributed by atoms with van der Waals surface area (Å²) in [6.45, 7) is 4.20. The number of nitrogens with zero attached hydrogens (tertiary/aromatic N) is 3. The first-order valence-corrected chi connectivity index (χ1v) is 10.5. The van der Waals surface area contributed by atoms with Crippen LogP contribution in [0.4, 0.5) is 5.82 Å². The van der Waals surface area contributed by atoms with Gasteiger partial charge in [-0.25, -0.2) is 14.2 Å². The van der Waals surface area contributed by atoms with Gasteiger partial charge in [0.25, 0.3) is 0 Å². The third kappa shape index (κ3) is 2.83. The normalized spacial score (nSPS) is 24.7. The second-order valence-electron chi connectivity index (χ2n) is 6.99. The van der Waals surface area contributed by atoms with E-state index in [-0.39, 0.29) is 6.04 Å². The van der Waals surface area contributed by atoms with Crippen molar-refractivity contribution in [3.63, 3.8) is 0 Å². The van der Waals surface area contributed by atoms with Crippen molar-refractivity contribution < 1.29 is 8.95 Å². The molecular weight excluding hydrogens is 338 g/mol. The zero-order valence-electron chi connectivity index (χ0n) is 14.5. The molecule has 2 aromatic heterocycles. The number of aromatic amines is 1. The maximum Gasteiger partial charge on any atom is 0.163 e. The molecule has 25 heavy (non-hydrogen) atoms. The number of hydrogen-bond donors (Lipinski definition) is 2. The number of morpholine rings is 1. The number of rotatable bonds is 4. The molecule has 0 aromatic carbocycles. The van der Waals surface area contributed by atoms with Gasteiger partial charge in [-0.3, -0.25) is 4.78 Å². The van der Waals surface area contributed by atoms with Crippen molar-refractivity contribution in [1.82, 2.24) is 15.0 Å². The molecule has 2 aliphatic rings. The Morgan fingerprint density at radius 1 is 1.44 bits per heavy atom. The lowest BCUT2D eigenvalue weighted by Gasteiger charge is -2.34. The average Bonchev–Trinajstić information content (AvgIpc) is 3.23. The van der Waals surface area contributed by atoms with Crippen molar-refractivity contribution in [2.24, 2.45) is 0 Å². The zero-order valence-corrected chi connectivity index (χ0v) is 15.3. The topological polar surface area (TPSA) is 95.0 Å². The van der Waals surface area contributed by atoms with E-state index in [4.69, 9.17) is 19.5 Å². The first-order valence-electron chi connectivity index (χ1n) is 8.51. The first kappa shape index (κ1) is 16.5. The van der Waals surface area contributed by atoms with Crippen molar-refractivity contribution in [3.05, 3.63) is 30.2 Å². The van der Waals surface area contributed by atoms with E-state index in [1.54, 1.807) is 0 Å². The Balaban J connectivity index is 1.85. The molecule has 3 heterocycles. The standard InChI is InChI=1S/C17H23N5O2S/c1-12-11-24-8-7-22(12)15-9-14(17(4-5-17)25(2,18)23)20-16(21-15)13-3-6-19-10-13/h3,6,9-10,12,18-19H,4-5,7-8,11H2,1-2H3/t12-,25?/m1/s1. The summed E-state index contributed by atoms with van der Waals surface area (Å²) in [5, 5.41) is 0. The molecular formula is C17H23N5O2S. The lowest BCUT2D eigenvalue weighted by Crippen LogP contribution is -2.44. The van der Waals surface area contributed by atoms with Crippen LogP contribution in [-0.2, 0) is 19.2 Å². The molecule has 1 saturated heterocycles. The maximum atomic E-state index is 12.6. The van der Waals surface area contributed by atoms with Crippen molar-refractivity contribution in [2.75, 3.05) is 30.9 Å². The average molecular weight is 361 g/mol. The molecule has 0 spiro atoms. The van der Waals surface area contributed by atoms with Crippen LogP contribution in [0.5, 0.6) is 0 Å². The summed E-state index contributed by atoms with van der Waals surface area (Å²) in [7, 11) is -2.73. The van der Waals surface area contributed by atoms with Gasteiger partial charge in [0.15, 0.2) is 5.82 Å². The van der Waals surface area contributed by atoms with Crippen LogP contribution in [0.1, 0.15) is 25.5 Å². The van der Waals surface area contributed by atoms with Crippen LogP contribution in [0, 0.1) is 4.78 Å². The Labute approximate surface area is 147 Å². The summed E-state index contributed by atoms with van der Waals surface area (Å²) in [6, 6.07) is 4.07. The monoisotopic (exact) mass is 361 g/mol. The van der Waals surface area contributed by atoms with Crippen LogP contribution >= 0.6 is 0 Å². The molecule has 1 unspecified atom stereocenters. The Kier molecular flexibility index (Phi) is 3.84. The Morgan fingerprint density at radius 3 is 2.84 bits per heavy atom.